The molecule has 0 radical (unpaired) electrons. The molecule has 0 saturated carbocycles. The molecule has 33 heavy (non-hydrogen) atoms. The van der Waals surface area contributed by atoms with Crippen molar-refractivity contribution in [2.75, 3.05) is 28.6 Å². The van der Waals surface area contributed by atoms with Gasteiger partial charge in [-0.1, -0.05) is 30.3 Å². The fourth-order valence-corrected chi connectivity index (χ4v) is 4.40. The van der Waals surface area contributed by atoms with Gasteiger partial charge in [-0.2, -0.15) is 4.98 Å². The molecule has 0 bridgehead atoms. The van der Waals surface area contributed by atoms with Crippen molar-refractivity contribution in [2.45, 2.75) is 32.1 Å². The Labute approximate surface area is 191 Å². The quantitative estimate of drug-likeness (QED) is 0.352. The lowest BCUT2D eigenvalue weighted by Crippen LogP contribution is -2.21. The molecule has 6 rings (SSSR count). The number of nitrogens with zero attached hydrogens (tertiary/aromatic N) is 3. The van der Waals surface area contributed by atoms with Gasteiger partial charge in [0.15, 0.2) is 17.9 Å². The largest absolute Gasteiger partial charge is 0.359 e. The van der Waals surface area contributed by atoms with Crippen LogP contribution in [0.5, 0.6) is 0 Å². The molecule has 4 heterocycles. The molecule has 2 aromatic carbocycles. The number of para-hydroxylation sites is 1. The predicted molar refractivity (Wildman–Crippen MR) is 127 cm³/mol. The van der Waals surface area contributed by atoms with E-state index in [0.717, 1.165) is 53.8 Å². The molecule has 2 fully saturated rings. The Balaban J connectivity index is 1.14. The van der Waals surface area contributed by atoms with Crippen LogP contribution in [0, 0.1) is 12.7 Å². The van der Waals surface area contributed by atoms with E-state index in [4.69, 9.17) is 4.74 Å². The van der Waals surface area contributed by atoms with Gasteiger partial charge in [-0.15, -0.1) is 0 Å². The molecule has 8 heteroatoms. The number of fused-ring (bicyclic) bond motifs is 1. The lowest BCUT2D eigenvalue weighted by molar-refractivity contribution is 0.386. The Hall–Kier alpha value is -3.65. The minimum atomic E-state index is -0.421. The molecule has 7 nitrogen and oxygen atoms in total. The van der Waals surface area contributed by atoms with Crippen molar-refractivity contribution in [1.29, 1.82) is 0 Å². The van der Waals surface area contributed by atoms with E-state index in [1.165, 1.54) is 0 Å². The molecule has 0 spiro atoms. The number of halogens is 1. The van der Waals surface area contributed by atoms with Crippen LogP contribution in [0.2, 0.25) is 0 Å². The minimum absolute atomic E-state index is 0.0208. The first-order valence-corrected chi connectivity index (χ1v) is 11.3. The van der Waals surface area contributed by atoms with Crippen LogP contribution in [0.25, 0.3) is 10.9 Å². The van der Waals surface area contributed by atoms with Crippen molar-refractivity contribution in [3.05, 3.63) is 71.8 Å². The zero-order chi connectivity index (χ0) is 22.4. The van der Waals surface area contributed by atoms with Crippen molar-refractivity contribution in [1.82, 2.24) is 15.0 Å². The number of aromatic nitrogens is 3. The molecule has 2 aromatic heterocycles. The SMILES string of the molecule is Cc1nc(N2CCCC2)nc(Nc2ccc(C3OC3Nc3c[nH]c4ccccc34)cc2)c1F. The van der Waals surface area contributed by atoms with Gasteiger partial charge in [0.2, 0.25) is 5.95 Å². The molecule has 2 saturated heterocycles. The van der Waals surface area contributed by atoms with Crippen molar-refractivity contribution >= 4 is 34.0 Å². The van der Waals surface area contributed by atoms with Gasteiger partial charge in [-0.25, -0.2) is 9.37 Å². The molecule has 4 aromatic rings. The van der Waals surface area contributed by atoms with Crippen molar-refractivity contribution < 1.29 is 9.13 Å². The maximum absolute atomic E-state index is 14.7. The molecular weight excluding hydrogens is 419 g/mol. The van der Waals surface area contributed by atoms with E-state index >= 15 is 0 Å². The van der Waals surface area contributed by atoms with Crippen LogP contribution < -0.4 is 15.5 Å². The van der Waals surface area contributed by atoms with Gasteiger partial charge in [0.25, 0.3) is 0 Å². The van der Waals surface area contributed by atoms with E-state index in [0.29, 0.717) is 11.6 Å². The lowest BCUT2D eigenvalue weighted by Gasteiger charge is -2.17. The van der Waals surface area contributed by atoms with Crippen LogP contribution in [0.15, 0.2) is 54.7 Å². The summed E-state index contributed by atoms with van der Waals surface area (Å²) in [6, 6.07) is 16.0. The number of epoxide rings is 1. The van der Waals surface area contributed by atoms with Crippen molar-refractivity contribution in [2.24, 2.45) is 0 Å². The van der Waals surface area contributed by atoms with E-state index < -0.39 is 5.82 Å². The third-order valence-corrected chi connectivity index (χ3v) is 6.27. The van der Waals surface area contributed by atoms with E-state index in [2.05, 4.69) is 36.6 Å². The number of benzene rings is 2. The van der Waals surface area contributed by atoms with Crippen LogP contribution in [-0.2, 0) is 4.74 Å². The molecule has 2 aliphatic heterocycles. The first kappa shape index (κ1) is 20.0. The summed E-state index contributed by atoms with van der Waals surface area (Å²) in [4.78, 5) is 14.2. The summed E-state index contributed by atoms with van der Waals surface area (Å²) in [5.74, 6) is 0.373. The maximum Gasteiger partial charge on any atom is 0.227 e. The third-order valence-electron chi connectivity index (χ3n) is 6.27. The third kappa shape index (κ3) is 3.87. The summed E-state index contributed by atoms with van der Waals surface area (Å²) in [5.41, 5.74) is 4.30. The molecule has 2 unspecified atom stereocenters. The van der Waals surface area contributed by atoms with Gasteiger partial charge in [-0.3, -0.25) is 0 Å². The van der Waals surface area contributed by atoms with Crippen LogP contribution in [0.4, 0.5) is 27.5 Å². The number of aromatic amines is 1. The minimum Gasteiger partial charge on any atom is -0.359 e. The zero-order valence-electron chi connectivity index (χ0n) is 18.3. The summed E-state index contributed by atoms with van der Waals surface area (Å²) in [6.45, 7) is 3.50. The fourth-order valence-electron chi connectivity index (χ4n) is 4.40. The second-order valence-corrected chi connectivity index (χ2v) is 8.58. The molecule has 2 aliphatic rings. The average molecular weight is 445 g/mol. The van der Waals surface area contributed by atoms with Crippen LogP contribution in [-0.4, -0.2) is 34.3 Å². The molecule has 0 amide bonds. The monoisotopic (exact) mass is 444 g/mol. The van der Waals surface area contributed by atoms with Gasteiger partial charge in [0, 0.05) is 35.9 Å². The maximum atomic E-state index is 14.7. The van der Waals surface area contributed by atoms with Gasteiger partial charge >= 0.3 is 0 Å². The van der Waals surface area contributed by atoms with E-state index in [-0.39, 0.29) is 18.1 Å². The first-order valence-electron chi connectivity index (χ1n) is 11.3. The van der Waals surface area contributed by atoms with Crippen LogP contribution in [0.3, 0.4) is 0 Å². The highest BCUT2D eigenvalue weighted by molar-refractivity contribution is 5.92. The number of aryl methyl sites for hydroxylation is 1. The predicted octanol–water partition coefficient (Wildman–Crippen LogP) is 5.26. The smallest absolute Gasteiger partial charge is 0.227 e. The Morgan fingerprint density at radius 1 is 1.06 bits per heavy atom. The summed E-state index contributed by atoms with van der Waals surface area (Å²) >= 11 is 0. The molecule has 0 aliphatic carbocycles. The number of hydrogen-bond donors (Lipinski definition) is 3. The molecular formula is C25H25FN6O. The van der Waals surface area contributed by atoms with Gasteiger partial charge in [-0.05, 0) is 43.5 Å². The molecule has 2 atom stereocenters. The molecule has 168 valence electrons. The van der Waals surface area contributed by atoms with E-state index in [1.54, 1.807) is 6.92 Å². The highest BCUT2D eigenvalue weighted by atomic mass is 19.1. The zero-order valence-corrected chi connectivity index (χ0v) is 18.3. The number of anilines is 4. The van der Waals surface area contributed by atoms with Crippen LogP contribution >= 0.6 is 0 Å². The normalized spacial score (nSPS) is 19.8. The standard InChI is InChI=1S/C25H25FN6O/c1-15-21(26)23(31-25(28-15)32-12-4-5-13-32)29-17-10-8-16(9-11-17)22-24(33-22)30-20-14-27-19-7-3-2-6-18(19)20/h2-3,6-11,14,22,24,27,30H,4-5,12-13H2,1H3,(H,28,29,31). The van der Waals surface area contributed by atoms with Crippen molar-refractivity contribution in [3.8, 4) is 0 Å². The Kier molecular flexibility index (Phi) is 4.87. The topological polar surface area (TPSA) is 81.4 Å². The van der Waals surface area contributed by atoms with E-state index in [9.17, 15) is 4.39 Å². The van der Waals surface area contributed by atoms with Crippen LogP contribution in [0.1, 0.15) is 30.2 Å². The highest BCUT2D eigenvalue weighted by Crippen LogP contribution is 2.40. The summed E-state index contributed by atoms with van der Waals surface area (Å²) in [7, 11) is 0. The number of H-pyrrole nitrogens is 1. The number of rotatable bonds is 6. The average Bonchev–Trinajstić information content (AvgIpc) is 3.21. The summed E-state index contributed by atoms with van der Waals surface area (Å²) < 4.78 is 20.5. The second kappa shape index (κ2) is 8.04. The number of ether oxygens (including phenoxy) is 1. The van der Waals surface area contributed by atoms with Crippen molar-refractivity contribution in [3.63, 3.8) is 0 Å². The van der Waals surface area contributed by atoms with Gasteiger partial charge in [0.1, 0.15) is 6.10 Å². The lowest BCUT2D eigenvalue weighted by atomic mass is 10.1. The fraction of sp³-hybridized carbons (Fsp3) is 0.280. The number of nitrogens with one attached hydrogen (secondary N) is 3. The van der Waals surface area contributed by atoms with Gasteiger partial charge < -0.3 is 25.3 Å². The first-order chi connectivity index (χ1) is 16.2. The summed E-state index contributed by atoms with van der Waals surface area (Å²) in [6.07, 6.45) is 4.10. The number of hydrogen-bond acceptors (Lipinski definition) is 6. The Morgan fingerprint density at radius 3 is 2.67 bits per heavy atom. The van der Waals surface area contributed by atoms with Gasteiger partial charge in [0.05, 0.1) is 11.4 Å². The highest BCUT2D eigenvalue weighted by Gasteiger charge is 2.40. The molecule has 3 N–H and O–H groups in total. The summed E-state index contributed by atoms with van der Waals surface area (Å²) in [5, 5.41) is 7.71. The Morgan fingerprint density at radius 2 is 1.85 bits per heavy atom. The Bertz CT molecular complexity index is 1300. The van der Waals surface area contributed by atoms with E-state index in [1.807, 2.05) is 48.7 Å². The second-order valence-electron chi connectivity index (χ2n) is 8.58.